The van der Waals surface area contributed by atoms with E-state index in [1.807, 2.05) is 13.1 Å². The molecule has 0 aliphatic carbocycles. The van der Waals surface area contributed by atoms with E-state index in [0.29, 0.717) is 11.4 Å². The second kappa shape index (κ2) is 4.58. The summed E-state index contributed by atoms with van der Waals surface area (Å²) in [5.41, 5.74) is 1.30. The van der Waals surface area contributed by atoms with Gasteiger partial charge in [-0.1, -0.05) is 19.2 Å². The molecule has 74 valence electrons. The van der Waals surface area contributed by atoms with Gasteiger partial charge in [-0.15, -0.1) is 0 Å². The number of carbonyl (C=O) groups excluding carboxylic acids is 1. The molecule has 1 amide bonds. The Morgan fingerprint density at radius 3 is 2.86 bits per heavy atom. The predicted octanol–water partition coefficient (Wildman–Crippen LogP) is 1.19. The first-order valence-corrected chi connectivity index (χ1v) is 4.38. The van der Waals surface area contributed by atoms with E-state index >= 15 is 0 Å². The number of carbonyl (C=O) groups is 1. The van der Waals surface area contributed by atoms with Crippen molar-refractivity contribution in [2.24, 2.45) is 0 Å². The monoisotopic (exact) mass is 190 g/mol. The number of hydrogen-bond acceptors (Lipinski definition) is 2. The molecule has 0 aromatic rings. The lowest BCUT2D eigenvalue weighted by Gasteiger charge is -2.16. The fraction of sp³-hybridized carbons (Fsp3) is 0.182. The number of amides is 1. The highest BCUT2D eigenvalue weighted by Gasteiger charge is 2.19. The van der Waals surface area contributed by atoms with Crippen molar-refractivity contribution in [3.05, 3.63) is 48.9 Å². The van der Waals surface area contributed by atoms with Gasteiger partial charge in [-0.2, -0.15) is 0 Å². The van der Waals surface area contributed by atoms with Crippen LogP contribution >= 0.6 is 0 Å². The summed E-state index contributed by atoms with van der Waals surface area (Å²) in [6.45, 7) is 8.29. The first-order valence-electron chi connectivity index (χ1n) is 4.38. The van der Waals surface area contributed by atoms with Gasteiger partial charge in [0.05, 0.1) is 0 Å². The van der Waals surface area contributed by atoms with Crippen LogP contribution in [0.3, 0.4) is 0 Å². The first kappa shape index (κ1) is 10.5. The Labute approximate surface area is 84.1 Å². The SMILES string of the molecule is C=C1C=CC(=O)N1C(=C)/C=C\CNC. The van der Waals surface area contributed by atoms with Crippen LogP contribution < -0.4 is 5.32 Å². The highest BCUT2D eigenvalue weighted by atomic mass is 16.2. The van der Waals surface area contributed by atoms with E-state index in [0.717, 1.165) is 6.54 Å². The van der Waals surface area contributed by atoms with Crippen molar-refractivity contribution in [3.63, 3.8) is 0 Å². The Kier molecular flexibility index (Phi) is 3.42. The van der Waals surface area contributed by atoms with E-state index < -0.39 is 0 Å². The lowest BCUT2D eigenvalue weighted by atomic mass is 10.3. The van der Waals surface area contributed by atoms with Crippen molar-refractivity contribution in [1.82, 2.24) is 10.2 Å². The molecular weight excluding hydrogens is 176 g/mol. The minimum atomic E-state index is -0.0888. The van der Waals surface area contributed by atoms with Gasteiger partial charge in [0.2, 0.25) is 0 Å². The fourth-order valence-electron chi connectivity index (χ4n) is 1.17. The smallest absolute Gasteiger partial charge is 0.255 e. The molecule has 0 atom stereocenters. The summed E-state index contributed by atoms with van der Waals surface area (Å²) in [4.78, 5) is 12.8. The lowest BCUT2D eigenvalue weighted by molar-refractivity contribution is -0.121. The molecule has 0 radical (unpaired) electrons. The zero-order valence-electron chi connectivity index (χ0n) is 8.29. The molecule has 0 aromatic heterocycles. The van der Waals surface area contributed by atoms with Gasteiger partial charge in [-0.25, -0.2) is 0 Å². The molecule has 0 saturated heterocycles. The standard InChI is InChI=1S/C11H14N2O/c1-9(5-4-8-12-3)13-10(2)6-7-11(13)14/h4-7,12H,1-2,8H2,3H3/b5-4-. The third kappa shape index (κ3) is 2.20. The summed E-state index contributed by atoms with van der Waals surface area (Å²) in [6, 6.07) is 0. The van der Waals surface area contributed by atoms with Crippen molar-refractivity contribution >= 4 is 5.91 Å². The zero-order chi connectivity index (χ0) is 10.6. The van der Waals surface area contributed by atoms with Crippen LogP contribution in [0.1, 0.15) is 0 Å². The number of nitrogens with one attached hydrogen (secondary N) is 1. The molecule has 1 rings (SSSR count). The van der Waals surface area contributed by atoms with Gasteiger partial charge in [0, 0.05) is 24.0 Å². The van der Waals surface area contributed by atoms with Crippen LogP contribution in [0.4, 0.5) is 0 Å². The van der Waals surface area contributed by atoms with Gasteiger partial charge < -0.3 is 5.32 Å². The number of hydrogen-bond donors (Lipinski definition) is 1. The number of rotatable bonds is 4. The fourth-order valence-corrected chi connectivity index (χ4v) is 1.17. The predicted molar refractivity (Wildman–Crippen MR) is 57.3 cm³/mol. The highest BCUT2D eigenvalue weighted by molar-refractivity contribution is 5.94. The minimum absolute atomic E-state index is 0.0888. The van der Waals surface area contributed by atoms with Crippen molar-refractivity contribution in [2.75, 3.05) is 13.6 Å². The van der Waals surface area contributed by atoms with Crippen molar-refractivity contribution in [1.29, 1.82) is 0 Å². The Bertz CT molecular complexity index is 308. The van der Waals surface area contributed by atoms with E-state index in [9.17, 15) is 4.79 Å². The van der Waals surface area contributed by atoms with Gasteiger partial charge in [0.15, 0.2) is 0 Å². The molecule has 1 N–H and O–H groups in total. The van der Waals surface area contributed by atoms with Gasteiger partial charge in [-0.05, 0) is 19.2 Å². The number of likely N-dealkylation sites (N-methyl/N-ethyl adjacent to an activating group) is 1. The largest absolute Gasteiger partial charge is 0.316 e. The molecule has 1 aliphatic rings. The maximum absolute atomic E-state index is 11.3. The molecule has 0 bridgehead atoms. The molecule has 0 aromatic carbocycles. The van der Waals surface area contributed by atoms with Crippen LogP contribution in [-0.2, 0) is 4.79 Å². The number of nitrogens with zero attached hydrogens (tertiary/aromatic N) is 1. The summed E-state index contributed by atoms with van der Waals surface area (Å²) in [7, 11) is 1.86. The molecule has 0 spiro atoms. The molecule has 0 unspecified atom stereocenters. The van der Waals surface area contributed by atoms with Crippen molar-refractivity contribution < 1.29 is 4.79 Å². The van der Waals surface area contributed by atoms with E-state index in [1.54, 1.807) is 12.2 Å². The maximum atomic E-state index is 11.3. The Morgan fingerprint density at radius 1 is 1.64 bits per heavy atom. The van der Waals surface area contributed by atoms with Gasteiger partial charge in [-0.3, -0.25) is 9.69 Å². The third-order valence-corrected chi connectivity index (χ3v) is 1.85. The third-order valence-electron chi connectivity index (χ3n) is 1.85. The lowest BCUT2D eigenvalue weighted by Crippen LogP contribution is -2.21. The summed E-state index contributed by atoms with van der Waals surface area (Å²) in [6.07, 6.45) is 6.87. The summed E-state index contributed by atoms with van der Waals surface area (Å²) in [5, 5.41) is 2.97. The summed E-state index contributed by atoms with van der Waals surface area (Å²) < 4.78 is 0. The second-order valence-electron chi connectivity index (χ2n) is 2.95. The Balaban J connectivity index is 2.62. The van der Waals surface area contributed by atoms with Crippen LogP contribution in [0, 0.1) is 0 Å². The second-order valence-corrected chi connectivity index (χ2v) is 2.95. The summed E-state index contributed by atoms with van der Waals surface area (Å²) >= 11 is 0. The molecule has 1 heterocycles. The van der Waals surface area contributed by atoms with E-state index in [-0.39, 0.29) is 5.91 Å². The van der Waals surface area contributed by atoms with Gasteiger partial charge in [0.25, 0.3) is 5.91 Å². The molecule has 1 aliphatic heterocycles. The average molecular weight is 190 g/mol. The topological polar surface area (TPSA) is 32.3 Å². The van der Waals surface area contributed by atoms with Crippen molar-refractivity contribution in [3.8, 4) is 0 Å². The van der Waals surface area contributed by atoms with Crippen LogP contribution in [0.25, 0.3) is 0 Å². The van der Waals surface area contributed by atoms with E-state index in [2.05, 4.69) is 18.5 Å². The maximum Gasteiger partial charge on any atom is 0.255 e. The highest BCUT2D eigenvalue weighted by Crippen LogP contribution is 2.18. The Morgan fingerprint density at radius 2 is 2.36 bits per heavy atom. The molecule has 3 heteroatoms. The Hall–Kier alpha value is -1.61. The van der Waals surface area contributed by atoms with Crippen LogP contribution in [0.5, 0.6) is 0 Å². The quantitative estimate of drug-likeness (QED) is 0.675. The molecular formula is C11H14N2O. The normalized spacial score (nSPS) is 15.9. The average Bonchev–Trinajstić information content (AvgIpc) is 2.46. The van der Waals surface area contributed by atoms with Crippen LogP contribution in [0.2, 0.25) is 0 Å². The number of allylic oxidation sites excluding steroid dienone is 2. The van der Waals surface area contributed by atoms with Crippen LogP contribution in [-0.4, -0.2) is 24.4 Å². The van der Waals surface area contributed by atoms with Crippen LogP contribution in [0.15, 0.2) is 48.9 Å². The van der Waals surface area contributed by atoms with E-state index in [4.69, 9.17) is 0 Å². The van der Waals surface area contributed by atoms with Crippen molar-refractivity contribution in [2.45, 2.75) is 0 Å². The zero-order valence-corrected chi connectivity index (χ0v) is 8.29. The summed E-state index contributed by atoms with van der Waals surface area (Å²) in [5.74, 6) is -0.0888. The van der Waals surface area contributed by atoms with Gasteiger partial charge >= 0.3 is 0 Å². The van der Waals surface area contributed by atoms with Gasteiger partial charge in [0.1, 0.15) is 0 Å². The first-order chi connectivity index (χ1) is 6.66. The minimum Gasteiger partial charge on any atom is -0.316 e. The molecule has 0 fully saturated rings. The molecule has 14 heavy (non-hydrogen) atoms. The molecule has 0 saturated carbocycles. The molecule has 3 nitrogen and oxygen atoms in total. The van der Waals surface area contributed by atoms with E-state index in [1.165, 1.54) is 11.0 Å².